The molecule has 1 aliphatic rings. The standard InChI is InChI=1S/C23H23N5O3/c29-23(27-14-12-26(13-15-27)20-8-10-24-11-9-20)19-6-7-21(22(16-19)28(30)31)25-17-18-4-2-1-3-5-18/h1-11,16,25H,12-15,17H2. The lowest BCUT2D eigenvalue weighted by molar-refractivity contribution is -0.384. The lowest BCUT2D eigenvalue weighted by Crippen LogP contribution is -2.48. The van der Waals surface area contributed by atoms with Crippen LogP contribution in [0.2, 0.25) is 0 Å². The maximum atomic E-state index is 13.0. The van der Waals surface area contributed by atoms with E-state index in [9.17, 15) is 14.9 Å². The largest absolute Gasteiger partial charge is 0.375 e. The third-order valence-corrected chi connectivity index (χ3v) is 5.36. The highest BCUT2D eigenvalue weighted by Gasteiger charge is 2.24. The molecule has 0 saturated carbocycles. The molecule has 2 heterocycles. The fourth-order valence-corrected chi connectivity index (χ4v) is 3.66. The van der Waals surface area contributed by atoms with Crippen LogP contribution in [-0.4, -0.2) is 46.9 Å². The average molecular weight is 417 g/mol. The van der Waals surface area contributed by atoms with E-state index in [2.05, 4.69) is 15.2 Å². The minimum atomic E-state index is -0.453. The molecule has 31 heavy (non-hydrogen) atoms. The zero-order chi connectivity index (χ0) is 21.6. The Labute approximate surface area is 180 Å². The maximum Gasteiger partial charge on any atom is 0.293 e. The van der Waals surface area contributed by atoms with E-state index in [0.717, 1.165) is 11.3 Å². The van der Waals surface area contributed by atoms with E-state index in [-0.39, 0.29) is 11.6 Å². The number of aromatic nitrogens is 1. The summed E-state index contributed by atoms with van der Waals surface area (Å²) in [5.41, 5.74) is 2.72. The second-order valence-electron chi connectivity index (χ2n) is 7.31. The number of carbonyl (C=O) groups excluding carboxylic acids is 1. The van der Waals surface area contributed by atoms with Gasteiger partial charge in [0.15, 0.2) is 0 Å². The highest BCUT2D eigenvalue weighted by molar-refractivity contribution is 5.96. The van der Waals surface area contributed by atoms with Crippen LogP contribution >= 0.6 is 0 Å². The summed E-state index contributed by atoms with van der Waals surface area (Å²) in [6, 6.07) is 18.2. The molecule has 158 valence electrons. The quantitative estimate of drug-likeness (QED) is 0.487. The van der Waals surface area contributed by atoms with E-state index < -0.39 is 4.92 Å². The van der Waals surface area contributed by atoms with Gasteiger partial charge in [-0.2, -0.15) is 0 Å². The highest BCUT2D eigenvalue weighted by atomic mass is 16.6. The number of piperazine rings is 1. The van der Waals surface area contributed by atoms with Crippen LogP contribution in [0.15, 0.2) is 73.1 Å². The van der Waals surface area contributed by atoms with Crippen LogP contribution in [0.5, 0.6) is 0 Å². The highest BCUT2D eigenvalue weighted by Crippen LogP contribution is 2.27. The second-order valence-corrected chi connectivity index (χ2v) is 7.31. The molecule has 8 heteroatoms. The number of rotatable bonds is 6. The van der Waals surface area contributed by atoms with Crippen molar-refractivity contribution in [3.05, 3.63) is 94.3 Å². The van der Waals surface area contributed by atoms with Gasteiger partial charge in [0.2, 0.25) is 0 Å². The number of anilines is 2. The number of amides is 1. The first-order valence-corrected chi connectivity index (χ1v) is 10.1. The number of benzene rings is 2. The van der Waals surface area contributed by atoms with Crippen molar-refractivity contribution in [1.82, 2.24) is 9.88 Å². The number of nitrogens with one attached hydrogen (secondary N) is 1. The average Bonchev–Trinajstić information content (AvgIpc) is 2.83. The fraction of sp³-hybridized carbons (Fsp3) is 0.217. The third kappa shape index (κ3) is 4.80. The van der Waals surface area contributed by atoms with E-state index in [1.807, 2.05) is 42.5 Å². The van der Waals surface area contributed by atoms with Crippen molar-refractivity contribution in [2.24, 2.45) is 0 Å². The maximum absolute atomic E-state index is 13.0. The summed E-state index contributed by atoms with van der Waals surface area (Å²) in [5, 5.41) is 14.7. The van der Waals surface area contributed by atoms with E-state index in [1.165, 1.54) is 6.07 Å². The van der Waals surface area contributed by atoms with Gasteiger partial charge < -0.3 is 15.1 Å². The van der Waals surface area contributed by atoms with Crippen LogP contribution in [0.25, 0.3) is 0 Å². The topological polar surface area (TPSA) is 91.6 Å². The van der Waals surface area contributed by atoms with Crippen molar-refractivity contribution in [3.8, 4) is 0 Å². The van der Waals surface area contributed by atoms with Gasteiger partial charge in [-0.1, -0.05) is 30.3 Å². The summed E-state index contributed by atoms with van der Waals surface area (Å²) in [6.45, 7) is 2.99. The molecule has 3 aromatic rings. The Morgan fingerprint density at radius 3 is 2.39 bits per heavy atom. The van der Waals surface area contributed by atoms with E-state index >= 15 is 0 Å². The number of nitro benzene ring substituents is 1. The lowest BCUT2D eigenvalue weighted by atomic mass is 10.1. The van der Waals surface area contributed by atoms with Gasteiger partial charge in [-0.25, -0.2) is 0 Å². The smallest absolute Gasteiger partial charge is 0.293 e. The van der Waals surface area contributed by atoms with Crippen molar-refractivity contribution in [2.45, 2.75) is 6.54 Å². The summed E-state index contributed by atoms with van der Waals surface area (Å²) in [5.74, 6) is -0.188. The number of hydrogen-bond acceptors (Lipinski definition) is 6. The Kier molecular flexibility index (Phi) is 6.07. The molecule has 0 atom stereocenters. The molecule has 8 nitrogen and oxygen atoms in total. The van der Waals surface area contributed by atoms with Crippen molar-refractivity contribution in [1.29, 1.82) is 0 Å². The second kappa shape index (κ2) is 9.25. The van der Waals surface area contributed by atoms with Crippen LogP contribution in [-0.2, 0) is 6.54 Å². The Morgan fingerprint density at radius 2 is 1.71 bits per heavy atom. The zero-order valence-corrected chi connectivity index (χ0v) is 17.0. The summed E-state index contributed by atoms with van der Waals surface area (Å²) in [6.07, 6.45) is 3.50. The van der Waals surface area contributed by atoms with Gasteiger partial charge in [-0.05, 0) is 29.8 Å². The summed E-state index contributed by atoms with van der Waals surface area (Å²) >= 11 is 0. The van der Waals surface area contributed by atoms with Gasteiger partial charge in [0, 0.05) is 62.4 Å². The first kappa shape index (κ1) is 20.3. The van der Waals surface area contributed by atoms with E-state index in [0.29, 0.717) is 44.0 Å². The number of nitro groups is 1. The molecule has 1 N–H and O–H groups in total. The van der Waals surface area contributed by atoms with E-state index in [1.54, 1.807) is 29.4 Å². The predicted molar refractivity (Wildman–Crippen MR) is 119 cm³/mol. The molecular weight excluding hydrogens is 394 g/mol. The molecule has 2 aromatic carbocycles. The number of carbonyl (C=O) groups is 1. The van der Waals surface area contributed by atoms with Crippen LogP contribution in [0.1, 0.15) is 15.9 Å². The molecule has 0 unspecified atom stereocenters. The molecule has 1 amide bonds. The van der Waals surface area contributed by atoms with E-state index in [4.69, 9.17) is 0 Å². The number of hydrogen-bond donors (Lipinski definition) is 1. The Balaban J connectivity index is 1.43. The van der Waals surface area contributed by atoms with Crippen LogP contribution < -0.4 is 10.2 Å². The van der Waals surface area contributed by atoms with Crippen LogP contribution in [0, 0.1) is 10.1 Å². The molecule has 0 radical (unpaired) electrons. The van der Waals surface area contributed by atoms with Crippen LogP contribution in [0.4, 0.5) is 17.1 Å². The van der Waals surface area contributed by atoms with Crippen LogP contribution in [0.3, 0.4) is 0 Å². The Bertz CT molecular complexity index is 1050. The fourth-order valence-electron chi connectivity index (χ4n) is 3.66. The molecule has 1 aromatic heterocycles. The first-order valence-electron chi connectivity index (χ1n) is 10.1. The molecule has 4 rings (SSSR count). The SMILES string of the molecule is O=C(c1ccc(NCc2ccccc2)c([N+](=O)[O-])c1)N1CCN(c2ccncc2)CC1. The summed E-state index contributed by atoms with van der Waals surface area (Å²) in [4.78, 5) is 32.1. The van der Waals surface area contributed by atoms with Gasteiger partial charge in [0.25, 0.3) is 11.6 Å². The molecule has 0 spiro atoms. The van der Waals surface area contributed by atoms with Gasteiger partial charge in [0.1, 0.15) is 5.69 Å². The van der Waals surface area contributed by atoms with Gasteiger partial charge >= 0.3 is 0 Å². The third-order valence-electron chi connectivity index (χ3n) is 5.36. The minimum Gasteiger partial charge on any atom is -0.375 e. The number of nitrogens with zero attached hydrogens (tertiary/aromatic N) is 4. The zero-order valence-electron chi connectivity index (χ0n) is 17.0. The first-order chi connectivity index (χ1) is 15.1. The monoisotopic (exact) mass is 417 g/mol. The van der Waals surface area contributed by atoms with Crippen molar-refractivity contribution < 1.29 is 9.72 Å². The van der Waals surface area contributed by atoms with Gasteiger partial charge in [-0.15, -0.1) is 0 Å². The lowest BCUT2D eigenvalue weighted by Gasteiger charge is -2.36. The summed E-state index contributed by atoms with van der Waals surface area (Å²) in [7, 11) is 0. The number of pyridine rings is 1. The normalized spacial score (nSPS) is 13.7. The Morgan fingerprint density at radius 1 is 1.00 bits per heavy atom. The predicted octanol–water partition coefficient (Wildman–Crippen LogP) is 3.56. The summed E-state index contributed by atoms with van der Waals surface area (Å²) < 4.78 is 0. The molecule has 1 aliphatic heterocycles. The van der Waals surface area contributed by atoms with Crippen molar-refractivity contribution in [3.63, 3.8) is 0 Å². The molecule has 0 aliphatic carbocycles. The molecular formula is C23H23N5O3. The van der Waals surface area contributed by atoms with Gasteiger partial charge in [-0.3, -0.25) is 19.9 Å². The molecule has 0 bridgehead atoms. The Hall–Kier alpha value is -3.94. The van der Waals surface area contributed by atoms with Gasteiger partial charge in [0.05, 0.1) is 4.92 Å². The molecule has 1 fully saturated rings. The van der Waals surface area contributed by atoms with Crippen molar-refractivity contribution in [2.75, 3.05) is 36.4 Å². The molecule has 1 saturated heterocycles. The minimum absolute atomic E-state index is 0.0998. The van der Waals surface area contributed by atoms with Crippen molar-refractivity contribution >= 4 is 23.0 Å².